The Morgan fingerprint density at radius 3 is 2.50 bits per heavy atom. The van der Waals surface area contributed by atoms with Crippen LogP contribution in [-0.4, -0.2) is 6.04 Å². The second kappa shape index (κ2) is 6.92. The van der Waals surface area contributed by atoms with E-state index in [1.807, 2.05) is 6.07 Å². The van der Waals surface area contributed by atoms with Gasteiger partial charge in [0.05, 0.1) is 0 Å². The van der Waals surface area contributed by atoms with Crippen molar-refractivity contribution in [2.75, 3.05) is 0 Å². The van der Waals surface area contributed by atoms with Gasteiger partial charge >= 0.3 is 0 Å². The van der Waals surface area contributed by atoms with E-state index in [9.17, 15) is 8.78 Å². The van der Waals surface area contributed by atoms with E-state index in [1.54, 1.807) is 12.1 Å². The van der Waals surface area contributed by atoms with Crippen molar-refractivity contribution in [3.63, 3.8) is 0 Å². The summed E-state index contributed by atoms with van der Waals surface area (Å²) in [5.41, 5.74) is 4.37. The Labute approximate surface area is 125 Å². The van der Waals surface area contributed by atoms with E-state index in [0.29, 0.717) is 12.8 Å². The smallest absolute Gasteiger partial charge is 0.123 e. The van der Waals surface area contributed by atoms with Crippen molar-refractivity contribution >= 4 is 15.9 Å². The lowest BCUT2D eigenvalue weighted by atomic mass is 9.99. The molecule has 0 fully saturated rings. The SMILES string of the molecule is NNC(Cc1cccc(F)c1)Cc1cc(F)ccc1Br. The molecule has 2 nitrogen and oxygen atoms in total. The summed E-state index contributed by atoms with van der Waals surface area (Å²) in [4.78, 5) is 0. The zero-order chi connectivity index (χ0) is 14.5. The molecular formula is C15H15BrF2N2. The minimum atomic E-state index is -0.287. The monoisotopic (exact) mass is 340 g/mol. The molecule has 5 heteroatoms. The quantitative estimate of drug-likeness (QED) is 0.647. The number of nitrogens with one attached hydrogen (secondary N) is 1. The molecule has 0 bridgehead atoms. The van der Waals surface area contributed by atoms with Gasteiger partial charge in [0.25, 0.3) is 0 Å². The van der Waals surface area contributed by atoms with E-state index < -0.39 is 0 Å². The highest BCUT2D eigenvalue weighted by Gasteiger charge is 2.12. The van der Waals surface area contributed by atoms with Crippen LogP contribution in [0, 0.1) is 11.6 Å². The maximum Gasteiger partial charge on any atom is 0.123 e. The van der Waals surface area contributed by atoms with Crippen LogP contribution in [0.3, 0.4) is 0 Å². The summed E-state index contributed by atoms with van der Waals surface area (Å²) in [6.45, 7) is 0. The van der Waals surface area contributed by atoms with Crippen LogP contribution in [0.4, 0.5) is 8.78 Å². The maximum atomic E-state index is 13.3. The first-order chi connectivity index (χ1) is 9.58. The van der Waals surface area contributed by atoms with Gasteiger partial charge in [0.15, 0.2) is 0 Å². The molecule has 0 heterocycles. The third-order valence-electron chi connectivity index (χ3n) is 3.08. The maximum absolute atomic E-state index is 13.3. The number of nitrogens with two attached hydrogens (primary N) is 1. The molecule has 0 aromatic heterocycles. The van der Waals surface area contributed by atoms with Crippen LogP contribution in [0.25, 0.3) is 0 Å². The summed E-state index contributed by atoms with van der Waals surface area (Å²) in [5, 5.41) is 0. The van der Waals surface area contributed by atoms with Crippen LogP contribution in [0.1, 0.15) is 11.1 Å². The minimum absolute atomic E-state index is 0.102. The van der Waals surface area contributed by atoms with Crippen LogP contribution < -0.4 is 11.3 Å². The fraction of sp³-hybridized carbons (Fsp3) is 0.200. The molecule has 0 spiro atoms. The van der Waals surface area contributed by atoms with Gasteiger partial charge in [0.2, 0.25) is 0 Å². The molecular weight excluding hydrogens is 326 g/mol. The van der Waals surface area contributed by atoms with E-state index >= 15 is 0 Å². The van der Waals surface area contributed by atoms with Gasteiger partial charge in [-0.2, -0.15) is 0 Å². The molecule has 0 aliphatic carbocycles. The van der Waals surface area contributed by atoms with Gasteiger partial charge in [-0.15, -0.1) is 0 Å². The number of benzene rings is 2. The first kappa shape index (κ1) is 15.1. The fourth-order valence-electron chi connectivity index (χ4n) is 2.10. The van der Waals surface area contributed by atoms with Gasteiger partial charge in [0, 0.05) is 10.5 Å². The standard InChI is InChI=1S/C15H15BrF2N2/c16-15-5-4-13(18)8-11(15)9-14(20-19)7-10-2-1-3-12(17)6-10/h1-6,8,14,20H,7,9,19H2. The molecule has 3 N–H and O–H groups in total. The Balaban J connectivity index is 2.11. The van der Waals surface area contributed by atoms with E-state index in [2.05, 4.69) is 21.4 Å². The van der Waals surface area contributed by atoms with E-state index in [-0.39, 0.29) is 17.7 Å². The molecule has 0 aliphatic heterocycles. The Bertz CT molecular complexity index is 590. The Hall–Kier alpha value is -1.30. The van der Waals surface area contributed by atoms with Crippen LogP contribution >= 0.6 is 15.9 Å². The second-order valence-electron chi connectivity index (χ2n) is 4.64. The van der Waals surface area contributed by atoms with Crippen molar-refractivity contribution in [3.05, 3.63) is 69.7 Å². The van der Waals surface area contributed by atoms with E-state index in [1.165, 1.54) is 24.3 Å². The van der Waals surface area contributed by atoms with Crippen LogP contribution in [0.15, 0.2) is 46.9 Å². The number of hydrogen-bond donors (Lipinski definition) is 2. The summed E-state index contributed by atoms with van der Waals surface area (Å²) in [6, 6.07) is 10.8. The number of hydrogen-bond acceptors (Lipinski definition) is 2. The highest BCUT2D eigenvalue weighted by atomic mass is 79.9. The normalized spacial score (nSPS) is 12.4. The lowest BCUT2D eigenvalue weighted by Crippen LogP contribution is -2.38. The zero-order valence-corrected chi connectivity index (χ0v) is 12.3. The molecule has 1 unspecified atom stereocenters. The average molecular weight is 341 g/mol. The molecule has 20 heavy (non-hydrogen) atoms. The molecule has 2 aromatic carbocycles. The molecule has 2 rings (SSSR count). The van der Waals surface area contributed by atoms with E-state index in [4.69, 9.17) is 5.84 Å². The lowest BCUT2D eigenvalue weighted by Gasteiger charge is -2.17. The molecule has 0 aliphatic rings. The van der Waals surface area contributed by atoms with Crippen molar-refractivity contribution in [2.45, 2.75) is 18.9 Å². The molecule has 0 amide bonds. The van der Waals surface area contributed by atoms with Gasteiger partial charge < -0.3 is 0 Å². The summed E-state index contributed by atoms with van der Waals surface area (Å²) < 4.78 is 27.2. The summed E-state index contributed by atoms with van der Waals surface area (Å²) >= 11 is 3.39. The summed E-state index contributed by atoms with van der Waals surface area (Å²) in [5.74, 6) is 4.98. The third kappa shape index (κ3) is 4.10. The largest absolute Gasteiger partial charge is 0.271 e. The Morgan fingerprint density at radius 1 is 1.05 bits per heavy atom. The van der Waals surface area contributed by atoms with Crippen LogP contribution in [-0.2, 0) is 12.8 Å². The second-order valence-corrected chi connectivity index (χ2v) is 5.49. The predicted molar refractivity (Wildman–Crippen MR) is 79.0 cm³/mol. The van der Waals surface area contributed by atoms with Gasteiger partial charge in [-0.3, -0.25) is 11.3 Å². The topological polar surface area (TPSA) is 38.0 Å². The van der Waals surface area contributed by atoms with Gasteiger partial charge in [-0.1, -0.05) is 28.1 Å². The van der Waals surface area contributed by atoms with Crippen molar-refractivity contribution in [2.24, 2.45) is 5.84 Å². The van der Waals surface area contributed by atoms with Crippen LogP contribution in [0.2, 0.25) is 0 Å². The average Bonchev–Trinajstić information content (AvgIpc) is 2.42. The van der Waals surface area contributed by atoms with Crippen molar-refractivity contribution in [1.82, 2.24) is 5.43 Å². The summed E-state index contributed by atoms with van der Waals surface area (Å²) in [7, 11) is 0. The first-order valence-electron chi connectivity index (χ1n) is 6.23. The van der Waals surface area contributed by atoms with Crippen molar-refractivity contribution in [3.8, 4) is 0 Å². The van der Waals surface area contributed by atoms with E-state index in [0.717, 1.165) is 15.6 Å². The molecule has 0 radical (unpaired) electrons. The molecule has 0 saturated heterocycles. The van der Waals surface area contributed by atoms with Gasteiger partial charge in [-0.05, 0) is 54.3 Å². The number of rotatable bonds is 5. The Morgan fingerprint density at radius 2 is 1.80 bits per heavy atom. The number of halogens is 3. The van der Waals surface area contributed by atoms with Gasteiger partial charge in [0.1, 0.15) is 11.6 Å². The Kier molecular flexibility index (Phi) is 5.23. The zero-order valence-electron chi connectivity index (χ0n) is 10.7. The van der Waals surface area contributed by atoms with Crippen LogP contribution in [0.5, 0.6) is 0 Å². The molecule has 0 saturated carbocycles. The molecule has 2 aromatic rings. The first-order valence-corrected chi connectivity index (χ1v) is 7.02. The third-order valence-corrected chi connectivity index (χ3v) is 3.85. The lowest BCUT2D eigenvalue weighted by molar-refractivity contribution is 0.518. The van der Waals surface area contributed by atoms with Gasteiger partial charge in [-0.25, -0.2) is 8.78 Å². The minimum Gasteiger partial charge on any atom is -0.271 e. The predicted octanol–water partition coefficient (Wildman–Crippen LogP) is 3.34. The van der Waals surface area contributed by atoms with Crippen molar-refractivity contribution in [1.29, 1.82) is 0 Å². The summed E-state index contributed by atoms with van der Waals surface area (Å²) in [6.07, 6.45) is 1.11. The highest BCUT2D eigenvalue weighted by molar-refractivity contribution is 9.10. The molecule has 1 atom stereocenters. The molecule has 106 valence electrons. The highest BCUT2D eigenvalue weighted by Crippen LogP contribution is 2.20. The van der Waals surface area contributed by atoms with Crippen molar-refractivity contribution < 1.29 is 8.78 Å². The fourth-order valence-corrected chi connectivity index (χ4v) is 2.51. The number of hydrazine groups is 1.